The maximum absolute atomic E-state index is 13.5. The van der Waals surface area contributed by atoms with E-state index in [0.29, 0.717) is 16.5 Å². The average Bonchev–Trinajstić information content (AvgIpc) is 2.63. The molecule has 0 unspecified atom stereocenters. The molecule has 2 rings (SSSR count). The molecule has 7 heteroatoms. The van der Waals surface area contributed by atoms with Crippen LogP contribution < -0.4 is 5.84 Å². The third kappa shape index (κ3) is 2.53. The Morgan fingerprint density at radius 3 is 2.94 bits per heavy atom. The van der Waals surface area contributed by atoms with Crippen LogP contribution in [0.15, 0.2) is 34.2 Å². The number of nitrogen functional groups attached to an aromatic ring is 1. The Hall–Kier alpha value is -1.08. The van der Waals surface area contributed by atoms with Gasteiger partial charge in [0.2, 0.25) is 5.16 Å². The summed E-state index contributed by atoms with van der Waals surface area (Å²) in [5.74, 6) is 5.76. The molecule has 0 saturated heterocycles. The van der Waals surface area contributed by atoms with Crippen LogP contribution in [0.2, 0.25) is 0 Å². The maximum atomic E-state index is 13.5. The fraction of sp³-hybridized carbons (Fsp3) is 0.111. The summed E-state index contributed by atoms with van der Waals surface area (Å²) in [5, 5.41) is 7.99. The summed E-state index contributed by atoms with van der Waals surface area (Å²) in [6.07, 6.45) is 1.40. The number of rotatable bonds is 3. The Kier molecular flexibility index (Phi) is 3.45. The van der Waals surface area contributed by atoms with Crippen LogP contribution in [0.1, 0.15) is 5.56 Å². The van der Waals surface area contributed by atoms with Crippen molar-refractivity contribution in [2.75, 3.05) is 5.84 Å². The summed E-state index contributed by atoms with van der Waals surface area (Å²) >= 11 is 4.54. The van der Waals surface area contributed by atoms with Gasteiger partial charge in [-0.05, 0) is 17.7 Å². The van der Waals surface area contributed by atoms with Crippen LogP contribution in [-0.4, -0.2) is 14.9 Å². The lowest BCUT2D eigenvalue weighted by atomic mass is 10.2. The first-order valence-corrected chi connectivity index (χ1v) is 6.16. The summed E-state index contributed by atoms with van der Waals surface area (Å²) < 4.78 is 15.5. The second-order valence-electron chi connectivity index (χ2n) is 3.05. The molecule has 4 nitrogen and oxygen atoms in total. The molecule has 0 radical (unpaired) electrons. The quantitative estimate of drug-likeness (QED) is 0.697. The van der Waals surface area contributed by atoms with Crippen molar-refractivity contribution in [3.05, 3.63) is 40.4 Å². The van der Waals surface area contributed by atoms with Crippen molar-refractivity contribution < 1.29 is 4.39 Å². The highest BCUT2D eigenvalue weighted by Crippen LogP contribution is 2.23. The molecule has 0 atom stereocenters. The van der Waals surface area contributed by atoms with Gasteiger partial charge in [-0.15, -0.1) is 10.2 Å². The fourth-order valence-corrected chi connectivity index (χ4v) is 2.27. The van der Waals surface area contributed by atoms with Crippen molar-refractivity contribution in [2.45, 2.75) is 10.9 Å². The van der Waals surface area contributed by atoms with Gasteiger partial charge in [0.25, 0.3) is 0 Å². The smallest absolute Gasteiger partial charge is 0.209 e. The van der Waals surface area contributed by atoms with E-state index in [2.05, 4.69) is 26.1 Å². The molecule has 0 aliphatic rings. The predicted octanol–water partition coefficient (Wildman–Crippen LogP) is 2.19. The molecule has 0 fully saturated rings. The number of nitrogens with two attached hydrogens (primary N) is 1. The van der Waals surface area contributed by atoms with E-state index in [1.807, 2.05) is 0 Å². The molecule has 2 N–H and O–H groups in total. The van der Waals surface area contributed by atoms with E-state index in [1.165, 1.54) is 28.8 Å². The van der Waals surface area contributed by atoms with Crippen LogP contribution in [0.5, 0.6) is 0 Å². The van der Waals surface area contributed by atoms with Crippen molar-refractivity contribution in [3.8, 4) is 0 Å². The van der Waals surface area contributed by atoms with Crippen LogP contribution in [0, 0.1) is 5.82 Å². The van der Waals surface area contributed by atoms with E-state index in [4.69, 9.17) is 5.84 Å². The molecular formula is C9H8BrFN4S. The fourth-order valence-electron chi connectivity index (χ4n) is 1.12. The summed E-state index contributed by atoms with van der Waals surface area (Å²) in [5.41, 5.74) is 0.608. The maximum Gasteiger partial charge on any atom is 0.209 e. The first kappa shape index (κ1) is 11.4. The van der Waals surface area contributed by atoms with Crippen molar-refractivity contribution in [2.24, 2.45) is 0 Å². The minimum atomic E-state index is -0.245. The Morgan fingerprint density at radius 2 is 2.31 bits per heavy atom. The number of aromatic nitrogens is 3. The average molecular weight is 303 g/mol. The summed E-state index contributed by atoms with van der Waals surface area (Å²) in [6, 6.07) is 4.96. The third-order valence-electron chi connectivity index (χ3n) is 1.91. The standard InChI is InChI=1S/C9H8BrFN4S/c10-7-2-1-6(8(11)3-7)4-16-9-14-13-5-15(9)12/h1-3,5H,4,12H2. The summed E-state index contributed by atoms with van der Waals surface area (Å²) in [4.78, 5) is 0. The second kappa shape index (κ2) is 4.84. The molecule has 1 heterocycles. The molecule has 1 aromatic heterocycles. The van der Waals surface area contributed by atoms with Gasteiger partial charge in [0.15, 0.2) is 0 Å². The van der Waals surface area contributed by atoms with Gasteiger partial charge >= 0.3 is 0 Å². The lowest BCUT2D eigenvalue weighted by Gasteiger charge is -2.02. The van der Waals surface area contributed by atoms with E-state index < -0.39 is 0 Å². The highest BCUT2D eigenvalue weighted by atomic mass is 79.9. The number of hydrogen-bond donors (Lipinski definition) is 1. The molecule has 84 valence electrons. The van der Waals surface area contributed by atoms with E-state index in [9.17, 15) is 4.39 Å². The molecule has 0 saturated carbocycles. The zero-order valence-electron chi connectivity index (χ0n) is 8.10. The number of thioether (sulfide) groups is 1. The minimum absolute atomic E-state index is 0.245. The Morgan fingerprint density at radius 1 is 1.50 bits per heavy atom. The highest BCUT2D eigenvalue weighted by molar-refractivity contribution is 9.10. The zero-order chi connectivity index (χ0) is 11.5. The Bertz CT molecular complexity index is 502. The van der Waals surface area contributed by atoms with Crippen molar-refractivity contribution >= 4 is 27.7 Å². The molecule has 0 aliphatic carbocycles. The van der Waals surface area contributed by atoms with Gasteiger partial charge < -0.3 is 5.84 Å². The largest absolute Gasteiger partial charge is 0.336 e. The van der Waals surface area contributed by atoms with E-state index in [0.717, 1.165) is 4.47 Å². The van der Waals surface area contributed by atoms with Crippen molar-refractivity contribution in [1.29, 1.82) is 0 Å². The summed E-state index contributed by atoms with van der Waals surface area (Å²) in [6.45, 7) is 0. The van der Waals surface area contributed by atoms with E-state index in [1.54, 1.807) is 12.1 Å². The van der Waals surface area contributed by atoms with Crippen LogP contribution in [0.4, 0.5) is 4.39 Å². The van der Waals surface area contributed by atoms with Crippen LogP contribution in [-0.2, 0) is 5.75 Å². The molecule has 0 spiro atoms. The van der Waals surface area contributed by atoms with Gasteiger partial charge in [-0.25, -0.2) is 9.07 Å². The SMILES string of the molecule is Nn1cnnc1SCc1ccc(Br)cc1F. The molecule has 2 aromatic rings. The van der Waals surface area contributed by atoms with Gasteiger partial charge in [-0.2, -0.15) is 0 Å². The lowest BCUT2D eigenvalue weighted by Crippen LogP contribution is -2.07. The Labute approximate surface area is 104 Å². The van der Waals surface area contributed by atoms with E-state index in [-0.39, 0.29) is 5.82 Å². The molecule has 0 bridgehead atoms. The number of nitrogens with zero attached hydrogens (tertiary/aromatic N) is 3. The van der Waals surface area contributed by atoms with E-state index >= 15 is 0 Å². The predicted molar refractivity (Wildman–Crippen MR) is 63.8 cm³/mol. The zero-order valence-corrected chi connectivity index (χ0v) is 10.5. The molecule has 1 aromatic carbocycles. The molecule has 0 amide bonds. The number of hydrogen-bond acceptors (Lipinski definition) is 4. The minimum Gasteiger partial charge on any atom is -0.336 e. The molecular weight excluding hydrogens is 295 g/mol. The lowest BCUT2D eigenvalue weighted by molar-refractivity contribution is 0.616. The summed E-state index contributed by atoms with van der Waals surface area (Å²) in [7, 11) is 0. The number of benzene rings is 1. The number of halogens is 2. The highest BCUT2D eigenvalue weighted by Gasteiger charge is 2.06. The van der Waals surface area contributed by atoms with Crippen LogP contribution in [0.3, 0.4) is 0 Å². The van der Waals surface area contributed by atoms with Gasteiger partial charge in [-0.3, -0.25) is 0 Å². The van der Waals surface area contributed by atoms with Crippen molar-refractivity contribution in [3.63, 3.8) is 0 Å². The normalized spacial score (nSPS) is 10.6. The Balaban J connectivity index is 2.08. The first-order chi connectivity index (χ1) is 7.66. The third-order valence-corrected chi connectivity index (χ3v) is 3.41. The van der Waals surface area contributed by atoms with Crippen LogP contribution >= 0.6 is 27.7 Å². The molecule has 0 aliphatic heterocycles. The van der Waals surface area contributed by atoms with Crippen LogP contribution in [0.25, 0.3) is 0 Å². The first-order valence-electron chi connectivity index (χ1n) is 4.38. The van der Waals surface area contributed by atoms with Gasteiger partial charge in [0, 0.05) is 10.2 Å². The van der Waals surface area contributed by atoms with Gasteiger partial charge in [0.05, 0.1) is 0 Å². The van der Waals surface area contributed by atoms with Crippen molar-refractivity contribution in [1.82, 2.24) is 14.9 Å². The monoisotopic (exact) mass is 302 g/mol. The van der Waals surface area contributed by atoms with Gasteiger partial charge in [0.1, 0.15) is 12.1 Å². The topological polar surface area (TPSA) is 56.7 Å². The second-order valence-corrected chi connectivity index (χ2v) is 4.90. The van der Waals surface area contributed by atoms with Gasteiger partial charge in [-0.1, -0.05) is 33.8 Å². The molecule has 16 heavy (non-hydrogen) atoms.